The second-order valence-electron chi connectivity index (χ2n) is 10.4. The highest BCUT2D eigenvalue weighted by Crippen LogP contribution is 2.21. The van der Waals surface area contributed by atoms with E-state index in [1.165, 1.54) is 89.9 Å². The normalized spacial score (nSPS) is 13.4. The number of hydrogen-bond donors (Lipinski definition) is 0. The molecule has 0 fully saturated rings. The molecule has 0 rings (SSSR count). The minimum absolute atomic E-state index is 0.0235. The highest BCUT2D eigenvalue weighted by atomic mass is 16.5. The number of hydrogen-bond acceptors (Lipinski definition) is 3. The average Bonchev–Trinajstić information content (AvgIpc) is 2.78. The van der Waals surface area contributed by atoms with E-state index in [1.807, 2.05) is 0 Å². The van der Waals surface area contributed by atoms with Crippen LogP contribution in [0.5, 0.6) is 0 Å². The molecule has 2 atom stereocenters. The largest absolute Gasteiger partial charge is 0.465 e. The van der Waals surface area contributed by atoms with Gasteiger partial charge in [0.1, 0.15) is 0 Å². The second-order valence-corrected chi connectivity index (χ2v) is 10.4. The van der Waals surface area contributed by atoms with Crippen LogP contribution in [0.1, 0.15) is 144 Å². The number of esters is 1. The summed E-state index contributed by atoms with van der Waals surface area (Å²) in [6, 6.07) is 0. The summed E-state index contributed by atoms with van der Waals surface area (Å²) in [6.07, 6.45) is 21.2. The summed E-state index contributed by atoms with van der Waals surface area (Å²) < 4.78 is 11.5. The van der Waals surface area contributed by atoms with Gasteiger partial charge in [-0.3, -0.25) is 4.79 Å². The quantitative estimate of drug-likeness (QED) is 0.108. The Morgan fingerprint density at radius 1 is 0.625 bits per heavy atom. The SMILES string of the molecule is CCCCCCC(CCCCCCCCC(=O)OCC(C)C)COCC(CC)CCCC. The average molecular weight is 455 g/mol. The predicted molar refractivity (Wildman–Crippen MR) is 139 cm³/mol. The lowest BCUT2D eigenvalue weighted by atomic mass is 9.94. The van der Waals surface area contributed by atoms with E-state index in [0.29, 0.717) is 18.9 Å². The maximum absolute atomic E-state index is 11.7. The summed E-state index contributed by atoms with van der Waals surface area (Å²) in [5.74, 6) is 1.89. The molecule has 32 heavy (non-hydrogen) atoms. The Kier molecular flexibility index (Phi) is 23.2. The molecule has 3 nitrogen and oxygen atoms in total. The fourth-order valence-corrected chi connectivity index (χ4v) is 4.21. The molecule has 0 spiro atoms. The van der Waals surface area contributed by atoms with Crippen molar-refractivity contribution >= 4 is 5.97 Å². The van der Waals surface area contributed by atoms with Crippen molar-refractivity contribution in [3.05, 3.63) is 0 Å². The van der Waals surface area contributed by atoms with Gasteiger partial charge in [0.05, 0.1) is 6.61 Å². The lowest BCUT2D eigenvalue weighted by Gasteiger charge is -2.20. The van der Waals surface area contributed by atoms with E-state index in [0.717, 1.165) is 37.9 Å². The zero-order valence-corrected chi connectivity index (χ0v) is 22.6. The second kappa shape index (κ2) is 23.6. The van der Waals surface area contributed by atoms with Crippen LogP contribution in [0.25, 0.3) is 0 Å². The summed E-state index contributed by atoms with van der Waals surface area (Å²) >= 11 is 0. The molecule has 0 aromatic rings. The molecule has 0 amide bonds. The van der Waals surface area contributed by atoms with Crippen LogP contribution in [0.15, 0.2) is 0 Å². The van der Waals surface area contributed by atoms with Gasteiger partial charge in [-0.2, -0.15) is 0 Å². The molecule has 2 unspecified atom stereocenters. The third-order valence-electron chi connectivity index (χ3n) is 6.54. The molecule has 0 bridgehead atoms. The predicted octanol–water partition coefficient (Wildman–Crippen LogP) is 9.13. The first-order valence-electron chi connectivity index (χ1n) is 14.3. The molecule has 0 saturated carbocycles. The fourth-order valence-electron chi connectivity index (χ4n) is 4.21. The molecule has 0 aliphatic carbocycles. The Morgan fingerprint density at radius 2 is 1.16 bits per heavy atom. The Morgan fingerprint density at radius 3 is 1.75 bits per heavy atom. The minimum Gasteiger partial charge on any atom is -0.465 e. The first-order chi connectivity index (χ1) is 15.5. The highest BCUT2D eigenvalue weighted by Gasteiger charge is 2.12. The van der Waals surface area contributed by atoms with Gasteiger partial charge in [0.15, 0.2) is 0 Å². The molecule has 0 aliphatic heterocycles. The molecule has 0 saturated heterocycles. The monoisotopic (exact) mass is 454 g/mol. The van der Waals surface area contributed by atoms with Gasteiger partial charge < -0.3 is 9.47 Å². The van der Waals surface area contributed by atoms with Gasteiger partial charge in [-0.1, -0.05) is 112 Å². The van der Waals surface area contributed by atoms with E-state index in [4.69, 9.17) is 9.47 Å². The van der Waals surface area contributed by atoms with Crippen molar-refractivity contribution in [3.8, 4) is 0 Å². The number of carbonyl (C=O) groups excluding carboxylic acids is 1. The molecule has 0 radical (unpaired) electrons. The van der Waals surface area contributed by atoms with Crippen LogP contribution in [-0.4, -0.2) is 25.8 Å². The highest BCUT2D eigenvalue weighted by molar-refractivity contribution is 5.69. The standard InChI is InChI=1S/C29H58O3/c1-6-9-11-16-20-28(25-31-24-27(8-3)19-10-7-2)21-17-14-12-13-15-18-22-29(30)32-23-26(4)5/h26-28H,6-25H2,1-5H3. The molecular formula is C29H58O3. The van der Waals surface area contributed by atoms with Crippen LogP contribution in [0.2, 0.25) is 0 Å². The Bertz CT molecular complexity index is 394. The molecule has 0 N–H and O–H groups in total. The van der Waals surface area contributed by atoms with Gasteiger partial charge in [0.2, 0.25) is 0 Å². The Labute approximate surface area is 201 Å². The van der Waals surface area contributed by atoms with E-state index in [9.17, 15) is 4.79 Å². The summed E-state index contributed by atoms with van der Waals surface area (Å²) in [5, 5.41) is 0. The first-order valence-corrected chi connectivity index (χ1v) is 14.3. The van der Waals surface area contributed by atoms with Crippen molar-refractivity contribution in [2.75, 3.05) is 19.8 Å². The van der Waals surface area contributed by atoms with Gasteiger partial charge in [0, 0.05) is 19.6 Å². The van der Waals surface area contributed by atoms with Gasteiger partial charge in [-0.05, 0) is 43.4 Å². The van der Waals surface area contributed by atoms with E-state index < -0.39 is 0 Å². The van der Waals surface area contributed by atoms with E-state index in [-0.39, 0.29) is 5.97 Å². The number of unbranched alkanes of at least 4 members (excludes halogenated alkanes) is 9. The third kappa shape index (κ3) is 21.3. The Hall–Kier alpha value is -0.570. The van der Waals surface area contributed by atoms with Crippen LogP contribution in [0.4, 0.5) is 0 Å². The van der Waals surface area contributed by atoms with E-state index in [2.05, 4.69) is 34.6 Å². The zero-order chi connectivity index (χ0) is 23.9. The van der Waals surface area contributed by atoms with Crippen molar-refractivity contribution in [1.82, 2.24) is 0 Å². The van der Waals surface area contributed by atoms with Crippen LogP contribution >= 0.6 is 0 Å². The summed E-state index contributed by atoms with van der Waals surface area (Å²) in [6.45, 7) is 13.5. The maximum atomic E-state index is 11.7. The van der Waals surface area contributed by atoms with Crippen LogP contribution in [0, 0.1) is 17.8 Å². The third-order valence-corrected chi connectivity index (χ3v) is 6.54. The van der Waals surface area contributed by atoms with Gasteiger partial charge >= 0.3 is 5.97 Å². The lowest BCUT2D eigenvalue weighted by molar-refractivity contribution is -0.144. The van der Waals surface area contributed by atoms with Crippen molar-refractivity contribution in [2.45, 2.75) is 144 Å². The summed E-state index contributed by atoms with van der Waals surface area (Å²) in [7, 11) is 0. The van der Waals surface area contributed by atoms with Crippen LogP contribution < -0.4 is 0 Å². The Balaban J connectivity index is 3.94. The number of carbonyl (C=O) groups is 1. The van der Waals surface area contributed by atoms with Gasteiger partial charge in [-0.25, -0.2) is 0 Å². The van der Waals surface area contributed by atoms with E-state index >= 15 is 0 Å². The summed E-state index contributed by atoms with van der Waals surface area (Å²) in [4.78, 5) is 11.7. The fraction of sp³-hybridized carbons (Fsp3) is 0.966. The lowest BCUT2D eigenvalue weighted by Crippen LogP contribution is -2.15. The minimum atomic E-state index is -0.0235. The molecule has 192 valence electrons. The molecule has 3 heteroatoms. The van der Waals surface area contributed by atoms with E-state index in [1.54, 1.807) is 0 Å². The van der Waals surface area contributed by atoms with Crippen molar-refractivity contribution in [1.29, 1.82) is 0 Å². The molecular weight excluding hydrogens is 396 g/mol. The van der Waals surface area contributed by atoms with Crippen LogP contribution in [-0.2, 0) is 14.3 Å². The topological polar surface area (TPSA) is 35.5 Å². The van der Waals surface area contributed by atoms with Crippen molar-refractivity contribution in [3.63, 3.8) is 0 Å². The van der Waals surface area contributed by atoms with Gasteiger partial charge in [0.25, 0.3) is 0 Å². The number of ether oxygens (including phenoxy) is 2. The van der Waals surface area contributed by atoms with Crippen molar-refractivity contribution in [2.24, 2.45) is 17.8 Å². The molecule has 0 aromatic carbocycles. The van der Waals surface area contributed by atoms with Crippen molar-refractivity contribution < 1.29 is 14.3 Å². The molecule has 0 aliphatic rings. The molecule has 0 aromatic heterocycles. The van der Waals surface area contributed by atoms with Crippen LogP contribution in [0.3, 0.4) is 0 Å². The zero-order valence-electron chi connectivity index (χ0n) is 22.6. The first kappa shape index (κ1) is 31.4. The smallest absolute Gasteiger partial charge is 0.305 e. The summed E-state index contributed by atoms with van der Waals surface area (Å²) in [5.41, 5.74) is 0. The number of rotatable bonds is 24. The molecule has 0 heterocycles. The maximum Gasteiger partial charge on any atom is 0.305 e. The van der Waals surface area contributed by atoms with Gasteiger partial charge in [-0.15, -0.1) is 0 Å².